The smallest absolute Gasteiger partial charge is 0.273 e. The zero-order chi connectivity index (χ0) is 14.5. The lowest BCUT2D eigenvalue weighted by atomic mass is 10.2. The van der Waals surface area contributed by atoms with Crippen LogP contribution in [0, 0.1) is 6.92 Å². The molecule has 2 rings (SSSR count). The first kappa shape index (κ1) is 14.1. The third-order valence-electron chi connectivity index (χ3n) is 2.61. The predicted molar refractivity (Wildman–Crippen MR) is 74.6 cm³/mol. The van der Waals surface area contributed by atoms with E-state index in [1.807, 2.05) is 38.1 Å². The third-order valence-corrected chi connectivity index (χ3v) is 2.61. The van der Waals surface area contributed by atoms with E-state index in [1.165, 1.54) is 0 Å². The second-order valence-corrected chi connectivity index (χ2v) is 4.82. The first-order chi connectivity index (χ1) is 9.54. The maximum Gasteiger partial charge on any atom is 0.273 e. The predicted octanol–water partition coefficient (Wildman–Crippen LogP) is 2.70. The van der Waals surface area contributed by atoms with Gasteiger partial charge in [-0.15, -0.1) is 0 Å². The number of nitrogens with zero attached hydrogens (tertiary/aromatic N) is 1. The van der Waals surface area contributed by atoms with Crippen LogP contribution >= 0.6 is 0 Å². The summed E-state index contributed by atoms with van der Waals surface area (Å²) >= 11 is 0. The van der Waals surface area contributed by atoms with Gasteiger partial charge in [0.25, 0.3) is 5.91 Å². The molecule has 1 aromatic heterocycles. The van der Waals surface area contributed by atoms with Gasteiger partial charge < -0.3 is 14.6 Å². The molecule has 20 heavy (non-hydrogen) atoms. The Morgan fingerprint density at radius 3 is 2.60 bits per heavy atom. The molecule has 2 aromatic rings. The Labute approximate surface area is 117 Å². The summed E-state index contributed by atoms with van der Waals surface area (Å²) in [4.78, 5) is 11.8. The molecule has 0 bridgehead atoms. The molecule has 1 N–H and O–H groups in total. The van der Waals surface area contributed by atoms with Crippen LogP contribution in [0.2, 0.25) is 0 Å². The fourth-order valence-electron chi connectivity index (χ4n) is 1.70. The molecule has 0 fully saturated rings. The lowest BCUT2D eigenvalue weighted by Gasteiger charge is -2.10. The van der Waals surface area contributed by atoms with Crippen LogP contribution in [-0.2, 0) is 6.54 Å². The average Bonchev–Trinajstić information content (AvgIpc) is 2.84. The highest BCUT2D eigenvalue weighted by molar-refractivity contribution is 5.92. The molecule has 0 aliphatic carbocycles. The van der Waals surface area contributed by atoms with Crippen molar-refractivity contribution >= 4 is 5.91 Å². The van der Waals surface area contributed by atoms with Crippen LogP contribution in [0.1, 0.15) is 35.7 Å². The highest BCUT2D eigenvalue weighted by Crippen LogP contribution is 2.13. The van der Waals surface area contributed by atoms with Crippen LogP contribution in [0.25, 0.3) is 0 Å². The molecule has 106 valence electrons. The molecule has 5 nitrogen and oxygen atoms in total. The Balaban J connectivity index is 1.89. The second-order valence-electron chi connectivity index (χ2n) is 4.82. The van der Waals surface area contributed by atoms with E-state index < -0.39 is 0 Å². The highest BCUT2D eigenvalue weighted by Gasteiger charge is 2.10. The Kier molecular flexibility index (Phi) is 4.40. The van der Waals surface area contributed by atoms with Gasteiger partial charge in [-0.05, 0) is 38.5 Å². The van der Waals surface area contributed by atoms with Gasteiger partial charge in [-0.25, -0.2) is 0 Å². The molecule has 0 atom stereocenters. The van der Waals surface area contributed by atoms with Crippen molar-refractivity contribution in [1.82, 2.24) is 10.5 Å². The normalized spacial score (nSPS) is 10.6. The molecule has 0 aliphatic heterocycles. The van der Waals surface area contributed by atoms with Crippen LogP contribution in [0.15, 0.2) is 34.9 Å². The molecule has 0 saturated carbocycles. The van der Waals surface area contributed by atoms with Gasteiger partial charge in [0.05, 0.1) is 6.10 Å². The van der Waals surface area contributed by atoms with Gasteiger partial charge >= 0.3 is 0 Å². The van der Waals surface area contributed by atoms with Gasteiger partial charge in [-0.2, -0.15) is 0 Å². The number of amides is 1. The minimum absolute atomic E-state index is 0.149. The Bertz CT molecular complexity index is 573. The summed E-state index contributed by atoms with van der Waals surface area (Å²) in [7, 11) is 0. The molecule has 1 heterocycles. The van der Waals surface area contributed by atoms with Gasteiger partial charge in [-0.3, -0.25) is 4.79 Å². The quantitative estimate of drug-likeness (QED) is 0.910. The largest absolute Gasteiger partial charge is 0.491 e. The Hall–Kier alpha value is -2.30. The molecule has 0 saturated heterocycles. The van der Waals surface area contributed by atoms with Crippen LogP contribution in [0.4, 0.5) is 0 Å². The monoisotopic (exact) mass is 274 g/mol. The molecule has 0 radical (unpaired) electrons. The summed E-state index contributed by atoms with van der Waals surface area (Å²) in [5, 5.41) is 6.45. The highest BCUT2D eigenvalue weighted by atomic mass is 16.5. The SMILES string of the molecule is Cc1cc(C(=O)NCc2ccc(OC(C)C)cc2)no1. The van der Waals surface area contributed by atoms with Crippen molar-refractivity contribution in [1.29, 1.82) is 0 Å². The van der Waals surface area contributed by atoms with E-state index in [4.69, 9.17) is 9.26 Å². The van der Waals surface area contributed by atoms with Crippen molar-refractivity contribution in [2.45, 2.75) is 33.4 Å². The molecule has 1 aromatic carbocycles. The first-order valence-electron chi connectivity index (χ1n) is 6.51. The number of benzene rings is 1. The summed E-state index contributed by atoms with van der Waals surface area (Å²) in [5.74, 6) is 1.19. The van der Waals surface area contributed by atoms with Crippen molar-refractivity contribution in [3.63, 3.8) is 0 Å². The van der Waals surface area contributed by atoms with E-state index >= 15 is 0 Å². The summed E-state index contributed by atoms with van der Waals surface area (Å²) in [6.07, 6.45) is 0.149. The number of hydrogen-bond acceptors (Lipinski definition) is 4. The third kappa shape index (κ3) is 3.85. The molecular formula is C15H18N2O3. The average molecular weight is 274 g/mol. The van der Waals surface area contributed by atoms with E-state index in [2.05, 4.69) is 10.5 Å². The van der Waals surface area contributed by atoms with Crippen LogP contribution in [-0.4, -0.2) is 17.2 Å². The number of nitrogens with one attached hydrogen (secondary N) is 1. The van der Waals surface area contributed by atoms with Crippen molar-refractivity contribution in [2.24, 2.45) is 0 Å². The maximum absolute atomic E-state index is 11.8. The van der Waals surface area contributed by atoms with Crippen LogP contribution in [0.5, 0.6) is 5.75 Å². The minimum atomic E-state index is -0.246. The van der Waals surface area contributed by atoms with Crippen molar-refractivity contribution in [3.8, 4) is 5.75 Å². The number of hydrogen-bond donors (Lipinski definition) is 1. The van der Waals surface area contributed by atoms with Gasteiger partial charge in [-0.1, -0.05) is 17.3 Å². The van der Waals surface area contributed by atoms with Gasteiger partial charge in [0.15, 0.2) is 5.69 Å². The number of carbonyl (C=O) groups is 1. The molecule has 0 spiro atoms. The Morgan fingerprint density at radius 1 is 1.35 bits per heavy atom. The van der Waals surface area contributed by atoms with Crippen molar-refractivity contribution in [3.05, 3.63) is 47.3 Å². The number of carbonyl (C=O) groups excluding carboxylic acids is 1. The van der Waals surface area contributed by atoms with E-state index in [1.54, 1.807) is 13.0 Å². The molecule has 5 heteroatoms. The molecular weight excluding hydrogens is 256 g/mol. The fourth-order valence-corrected chi connectivity index (χ4v) is 1.70. The van der Waals surface area contributed by atoms with Crippen molar-refractivity contribution in [2.75, 3.05) is 0 Å². The fraction of sp³-hybridized carbons (Fsp3) is 0.333. The number of ether oxygens (including phenoxy) is 1. The lowest BCUT2D eigenvalue weighted by molar-refractivity contribution is 0.0942. The molecule has 0 unspecified atom stereocenters. The topological polar surface area (TPSA) is 64.4 Å². The summed E-state index contributed by atoms with van der Waals surface area (Å²) in [6.45, 7) is 6.14. The first-order valence-corrected chi connectivity index (χ1v) is 6.51. The maximum atomic E-state index is 11.8. The number of aryl methyl sites for hydroxylation is 1. The summed E-state index contributed by atoms with van der Waals surface area (Å²) < 4.78 is 10.4. The summed E-state index contributed by atoms with van der Waals surface area (Å²) in [5.41, 5.74) is 1.29. The molecule has 0 aliphatic rings. The lowest BCUT2D eigenvalue weighted by Crippen LogP contribution is -2.23. The van der Waals surface area contributed by atoms with Crippen LogP contribution < -0.4 is 10.1 Å². The van der Waals surface area contributed by atoms with E-state index in [0.717, 1.165) is 11.3 Å². The number of aromatic nitrogens is 1. The number of rotatable bonds is 5. The van der Waals surface area contributed by atoms with Gasteiger partial charge in [0.2, 0.25) is 0 Å². The minimum Gasteiger partial charge on any atom is -0.491 e. The van der Waals surface area contributed by atoms with Crippen molar-refractivity contribution < 1.29 is 14.1 Å². The summed E-state index contributed by atoms with van der Waals surface area (Å²) in [6, 6.07) is 9.23. The van der Waals surface area contributed by atoms with Gasteiger partial charge in [0, 0.05) is 12.6 Å². The molecule has 1 amide bonds. The van der Waals surface area contributed by atoms with E-state index in [9.17, 15) is 4.79 Å². The second kappa shape index (κ2) is 6.23. The van der Waals surface area contributed by atoms with Gasteiger partial charge in [0.1, 0.15) is 11.5 Å². The Morgan fingerprint density at radius 2 is 2.05 bits per heavy atom. The zero-order valence-electron chi connectivity index (χ0n) is 11.8. The van der Waals surface area contributed by atoms with Crippen LogP contribution in [0.3, 0.4) is 0 Å². The standard InChI is InChI=1S/C15H18N2O3/c1-10(2)19-13-6-4-12(5-7-13)9-16-15(18)14-8-11(3)20-17-14/h4-8,10H,9H2,1-3H3,(H,16,18). The zero-order valence-corrected chi connectivity index (χ0v) is 11.8. The van der Waals surface area contributed by atoms with E-state index in [0.29, 0.717) is 18.0 Å². The van der Waals surface area contributed by atoms with E-state index in [-0.39, 0.29) is 12.0 Å².